The van der Waals surface area contributed by atoms with Gasteiger partial charge in [-0.25, -0.2) is 9.78 Å². The maximum absolute atomic E-state index is 11.9. The van der Waals surface area contributed by atoms with Gasteiger partial charge in [0.05, 0.1) is 0 Å². The molecule has 0 aliphatic rings. The molecule has 1 aromatic heterocycles. The molecule has 0 saturated heterocycles. The van der Waals surface area contributed by atoms with E-state index in [2.05, 4.69) is 15.6 Å². The molecule has 0 aliphatic carbocycles. The lowest BCUT2D eigenvalue weighted by Gasteiger charge is -2.07. The van der Waals surface area contributed by atoms with Crippen molar-refractivity contribution in [2.45, 2.75) is 19.9 Å². The number of benzene rings is 2. The van der Waals surface area contributed by atoms with Gasteiger partial charge in [0.25, 0.3) is 0 Å². The van der Waals surface area contributed by atoms with Crippen LogP contribution >= 0.6 is 0 Å². The summed E-state index contributed by atoms with van der Waals surface area (Å²) in [6.45, 7) is 2.81. The van der Waals surface area contributed by atoms with Crippen LogP contribution in [0.1, 0.15) is 17.2 Å². The van der Waals surface area contributed by atoms with Crippen LogP contribution in [0.2, 0.25) is 0 Å². The van der Waals surface area contributed by atoms with Gasteiger partial charge in [0.2, 0.25) is 0 Å². The highest BCUT2D eigenvalue weighted by Gasteiger charge is 2.13. The van der Waals surface area contributed by atoms with Crippen molar-refractivity contribution < 1.29 is 9.21 Å². The smallest absolute Gasteiger partial charge is 0.315 e. The summed E-state index contributed by atoms with van der Waals surface area (Å²) < 4.78 is 5.70. The zero-order chi connectivity index (χ0) is 17.5. The third-order valence-electron chi connectivity index (χ3n) is 3.79. The lowest BCUT2D eigenvalue weighted by atomic mass is 10.1. The van der Waals surface area contributed by atoms with Crippen molar-refractivity contribution in [2.24, 2.45) is 0 Å². The number of rotatable bonds is 6. The summed E-state index contributed by atoms with van der Waals surface area (Å²) in [6, 6.07) is 19.5. The number of nitrogens with one attached hydrogen (secondary N) is 2. The van der Waals surface area contributed by atoms with E-state index in [1.165, 1.54) is 0 Å². The molecule has 128 valence electrons. The fourth-order valence-electron chi connectivity index (χ4n) is 2.59. The number of aromatic nitrogens is 1. The van der Waals surface area contributed by atoms with Gasteiger partial charge in [-0.2, -0.15) is 0 Å². The minimum atomic E-state index is -0.193. The Hall–Kier alpha value is -3.08. The largest absolute Gasteiger partial charge is 0.445 e. The molecule has 0 unspecified atom stereocenters. The van der Waals surface area contributed by atoms with Crippen LogP contribution in [-0.2, 0) is 13.0 Å². The summed E-state index contributed by atoms with van der Waals surface area (Å²) >= 11 is 0. The zero-order valence-electron chi connectivity index (χ0n) is 14.2. The van der Waals surface area contributed by atoms with Crippen molar-refractivity contribution in [3.05, 3.63) is 77.9 Å². The number of amides is 2. The highest BCUT2D eigenvalue weighted by molar-refractivity contribution is 5.73. The predicted molar refractivity (Wildman–Crippen MR) is 97.1 cm³/mol. The first-order valence-electron chi connectivity index (χ1n) is 8.30. The summed E-state index contributed by atoms with van der Waals surface area (Å²) in [5.74, 6) is 1.41. The molecule has 2 aromatic carbocycles. The quantitative estimate of drug-likeness (QED) is 0.722. The average molecular weight is 335 g/mol. The molecular weight excluding hydrogens is 314 g/mol. The third-order valence-corrected chi connectivity index (χ3v) is 3.79. The van der Waals surface area contributed by atoms with E-state index in [0.717, 1.165) is 22.6 Å². The molecule has 3 aromatic rings. The second-order valence-corrected chi connectivity index (χ2v) is 5.72. The summed E-state index contributed by atoms with van der Waals surface area (Å²) in [7, 11) is 0. The SMILES string of the molecule is Cc1nc(-c2ccccc2)c(CCNC(=O)NCc2ccccc2)o1. The molecule has 3 rings (SSSR count). The Morgan fingerprint density at radius 1 is 1.00 bits per heavy atom. The van der Waals surface area contributed by atoms with Crippen molar-refractivity contribution in [2.75, 3.05) is 6.54 Å². The first-order chi connectivity index (χ1) is 12.2. The van der Waals surface area contributed by atoms with E-state index in [1.807, 2.05) is 67.6 Å². The van der Waals surface area contributed by atoms with Gasteiger partial charge in [0, 0.05) is 32.0 Å². The van der Waals surface area contributed by atoms with Gasteiger partial charge in [-0.15, -0.1) is 0 Å². The molecule has 0 saturated carbocycles. The Bertz CT molecular complexity index is 813. The average Bonchev–Trinajstić information content (AvgIpc) is 3.02. The van der Waals surface area contributed by atoms with Crippen molar-refractivity contribution >= 4 is 6.03 Å². The van der Waals surface area contributed by atoms with Gasteiger partial charge in [-0.05, 0) is 5.56 Å². The minimum Gasteiger partial charge on any atom is -0.445 e. The van der Waals surface area contributed by atoms with Gasteiger partial charge in [0.1, 0.15) is 11.5 Å². The molecule has 2 N–H and O–H groups in total. The van der Waals surface area contributed by atoms with Crippen molar-refractivity contribution in [3.8, 4) is 11.3 Å². The van der Waals surface area contributed by atoms with Crippen LogP contribution in [0.3, 0.4) is 0 Å². The Morgan fingerprint density at radius 2 is 1.68 bits per heavy atom. The van der Waals surface area contributed by atoms with Crippen LogP contribution in [-0.4, -0.2) is 17.6 Å². The summed E-state index contributed by atoms with van der Waals surface area (Å²) in [6.07, 6.45) is 0.587. The van der Waals surface area contributed by atoms with Crippen LogP contribution in [0.5, 0.6) is 0 Å². The Balaban J connectivity index is 1.51. The number of carbonyl (C=O) groups is 1. The normalized spacial score (nSPS) is 10.4. The second-order valence-electron chi connectivity index (χ2n) is 5.72. The van der Waals surface area contributed by atoms with E-state index in [-0.39, 0.29) is 6.03 Å². The minimum absolute atomic E-state index is 0.193. The third kappa shape index (κ3) is 4.70. The zero-order valence-corrected chi connectivity index (χ0v) is 14.2. The fraction of sp³-hybridized carbons (Fsp3) is 0.200. The van der Waals surface area contributed by atoms with Crippen molar-refractivity contribution in [3.63, 3.8) is 0 Å². The molecule has 0 fully saturated rings. The number of carbonyl (C=O) groups excluding carboxylic acids is 1. The van der Waals surface area contributed by atoms with E-state index < -0.39 is 0 Å². The van der Waals surface area contributed by atoms with Crippen LogP contribution in [0.15, 0.2) is 65.1 Å². The molecule has 0 radical (unpaired) electrons. The van der Waals surface area contributed by atoms with E-state index >= 15 is 0 Å². The molecule has 0 atom stereocenters. The molecular formula is C20H21N3O2. The molecule has 5 heteroatoms. The van der Waals surface area contributed by atoms with E-state index in [0.29, 0.717) is 25.4 Å². The van der Waals surface area contributed by atoms with Gasteiger partial charge in [-0.3, -0.25) is 0 Å². The van der Waals surface area contributed by atoms with Gasteiger partial charge in [-0.1, -0.05) is 60.7 Å². The molecule has 25 heavy (non-hydrogen) atoms. The van der Waals surface area contributed by atoms with Crippen LogP contribution in [0, 0.1) is 6.92 Å². The Kier molecular flexibility index (Phi) is 5.46. The van der Waals surface area contributed by atoms with Gasteiger partial charge in [0.15, 0.2) is 5.89 Å². The molecule has 0 aliphatic heterocycles. The van der Waals surface area contributed by atoms with Gasteiger partial charge < -0.3 is 15.1 Å². The van der Waals surface area contributed by atoms with E-state index in [9.17, 15) is 4.79 Å². The number of nitrogens with zero attached hydrogens (tertiary/aromatic N) is 1. The monoisotopic (exact) mass is 335 g/mol. The van der Waals surface area contributed by atoms with Gasteiger partial charge >= 0.3 is 6.03 Å². The Morgan fingerprint density at radius 3 is 2.40 bits per heavy atom. The topological polar surface area (TPSA) is 67.2 Å². The van der Waals surface area contributed by atoms with Crippen molar-refractivity contribution in [1.29, 1.82) is 0 Å². The number of urea groups is 1. The second kappa shape index (κ2) is 8.15. The lowest BCUT2D eigenvalue weighted by molar-refractivity contribution is 0.240. The first kappa shape index (κ1) is 16.8. The number of oxazole rings is 1. The number of aryl methyl sites for hydroxylation is 1. The summed E-state index contributed by atoms with van der Waals surface area (Å²) in [5, 5.41) is 5.69. The van der Waals surface area contributed by atoms with Crippen LogP contribution in [0.4, 0.5) is 4.79 Å². The highest BCUT2D eigenvalue weighted by Crippen LogP contribution is 2.23. The molecule has 2 amide bonds. The van der Waals surface area contributed by atoms with E-state index in [1.54, 1.807) is 0 Å². The lowest BCUT2D eigenvalue weighted by Crippen LogP contribution is -2.36. The summed E-state index contributed by atoms with van der Waals surface area (Å²) in [4.78, 5) is 16.4. The predicted octanol–water partition coefficient (Wildman–Crippen LogP) is 3.69. The Labute approximate surface area is 147 Å². The van der Waals surface area contributed by atoms with Crippen molar-refractivity contribution in [1.82, 2.24) is 15.6 Å². The fourth-order valence-corrected chi connectivity index (χ4v) is 2.59. The molecule has 0 bridgehead atoms. The number of hydrogen-bond acceptors (Lipinski definition) is 3. The summed E-state index contributed by atoms with van der Waals surface area (Å²) in [5.41, 5.74) is 2.92. The number of hydrogen-bond donors (Lipinski definition) is 2. The first-order valence-corrected chi connectivity index (χ1v) is 8.30. The maximum atomic E-state index is 11.9. The molecule has 1 heterocycles. The maximum Gasteiger partial charge on any atom is 0.315 e. The highest BCUT2D eigenvalue weighted by atomic mass is 16.4. The molecule has 0 spiro atoms. The molecule has 5 nitrogen and oxygen atoms in total. The van der Waals surface area contributed by atoms with Crippen LogP contribution < -0.4 is 10.6 Å². The van der Waals surface area contributed by atoms with Crippen LogP contribution in [0.25, 0.3) is 11.3 Å². The van der Waals surface area contributed by atoms with E-state index in [4.69, 9.17) is 4.42 Å². The standard InChI is InChI=1S/C20H21N3O2/c1-15-23-19(17-10-6-3-7-11-17)18(25-15)12-13-21-20(24)22-14-16-8-4-2-5-9-16/h2-11H,12-14H2,1H3,(H2,21,22,24).